The van der Waals surface area contributed by atoms with Crippen LogP contribution in [0.25, 0.3) is 10.2 Å². The van der Waals surface area contributed by atoms with Crippen molar-refractivity contribution < 1.29 is 4.39 Å². The number of nitrogens with zero attached hydrogens (tertiary/aromatic N) is 1. The van der Waals surface area contributed by atoms with Crippen LogP contribution < -0.4 is 5.32 Å². The third kappa shape index (κ3) is 2.09. The van der Waals surface area contributed by atoms with E-state index in [1.165, 1.54) is 30.2 Å². The first kappa shape index (κ1) is 11.9. The average Bonchev–Trinajstić information content (AvgIpc) is 3.02. The minimum atomic E-state index is -0.196. The highest BCUT2D eigenvalue weighted by atomic mass is 32.1. The van der Waals surface area contributed by atoms with Crippen LogP contribution in [0.3, 0.4) is 0 Å². The summed E-state index contributed by atoms with van der Waals surface area (Å²) in [5.74, 6) is 0.510. The van der Waals surface area contributed by atoms with Crippen molar-refractivity contribution in [3.8, 4) is 0 Å². The van der Waals surface area contributed by atoms with Gasteiger partial charge in [0, 0.05) is 6.54 Å². The monoisotopic (exact) mass is 264 g/mol. The SMILES string of the molecule is CC(C)C1(CNc2nc3ccc(F)cc3s2)CC1. The molecule has 1 aromatic carbocycles. The molecule has 0 radical (unpaired) electrons. The number of rotatable bonds is 4. The second-order valence-electron chi connectivity index (χ2n) is 5.50. The van der Waals surface area contributed by atoms with Crippen molar-refractivity contribution in [2.75, 3.05) is 11.9 Å². The number of nitrogens with one attached hydrogen (secondary N) is 1. The van der Waals surface area contributed by atoms with E-state index in [9.17, 15) is 4.39 Å². The molecule has 2 aromatic rings. The van der Waals surface area contributed by atoms with Crippen LogP contribution in [0.4, 0.5) is 9.52 Å². The molecule has 4 heteroatoms. The van der Waals surface area contributed by atoms with E-state index < -0.39 is 0 Å². The lowest BCUT2D eigenvalue weighted by molar-refractivity contribution is 0.380. The van der Waals surface area contributed by atoms with Gasteiger partial charge in [-0.05, 0) is 42.4 Å². The van der Waals surface area contributed by atoms with Crippen LogP contribution in [0.15, 0.2) is 18.2 Å². The number of hydrogen-bond acceptors (Lipinski definition) is 3. The van der Waals surface area contributed by atoms with Crippen molar-refractivity contribution in [2.24, 2.45) is 11.3 Å². The number of hydrogen-bond donors (Lipinski definition) is 1. The molecule has 1 fully saturated rings. The normalized spacial score (nSPS) is 17.3. The Morgan fingerprint density at radius 2 is 2.22 bits per heavy atom. The van der Waals surface area contributed by atoms with Gasteiger partial charge in [-0.25, -0.2) is 9.37 Å². The standard InChI is InChI=1S/C14H17FN2S/c1-9(2)14(5-6-14)8-16-13-17-11-4-3-10(15)7-12(11)18-13/h3-4,7,9H,5-6,8H2,1-2H3,(H,16,17). The third-order valence-corrected chi connectivity index (χ3v) is 5.04. The zero-order chi connectivity index (χ0) is 12.8. The molecule has 0 amide bonds. The summed E-state index contributed by atoms with van der Waals surface area (Å²) in [5.41, 5.74) is 1.33. The van der Waals surface area contributed by atoms with Crippen LogP contribution in [0, 0.1) is 17.2 Å². The summed E-state index contributed by atoms with van der Waals surface area (Å²) < 4.78 is 14.0. The van der Waals surface area contributed by atoms with Crippen molar-refractivity contribution in [3.05, 3.63) is 24.0 Å². The van der Waals surface area contributed by atoms with Crippen molar-refractivity contribution in [2.45, 2.75) is 26.7 Å². The summed E-state index contributed by atoms with van der Waals surface area (Å²) in [4.78, 5) is 4.48. The topological polar surface area (TPSA) is 24.9 Å². The van der Waals surface area contributed by atoms with E-state index in [1.54, 1.807) is 12.1 Å². The molecule has 1 aliphatic carbocycles. The molecule has 1 aromatic heterocycles. The lowest BCUT2D eigenvalue weighted by atomic mass is 9.92. The predicted molar refractivity (Wildman–Crippen MR) is 74.6 cm³/mol. The Labute approximate surface area is 110 Å². The minimum absolute atomic E-state index is 0.196. The first-order valence-corrected chi connectivity index (χ1v) is 7.21. The molecule has 96 valence electrons. The van der Waals surface area contributed by atoms with E-state index in [0.717, 1.165) is 21.9 Å². The quantitative estimate of drug-likeness (QED) is 0.891. The highest BCUT2D eigenvalue weighted by molar-refractivity contribution is 7.22. The Morgan fingerprint density at radius 3 is 2.89 bits per heavy atom. The molecule has 1 saturated carbocycles. The maximum Gasteiger partial charge on any atom is 0.183 e. The fraction of sp³-hybridized carbons (Fsp3) is 0.500. The molecule has 0 bridgehead atoms. The molecular weight excluding hydrogens is 247 g/mol. The fourth-order valence-electron chi connectivity index (χ4n) is 2.34. The first-order chi connectivity index (χ1) is 8.59. The van der Waals surface area contributed by atoms with Gasteiger partial charge in [0.2, 0.25) is 0 Å². The highest BCUT2D eigenvalue weighted by Gasteiger charge is 2.45. The summed E-state index contributed by atoms with van der Waals surface area (Å²) >= 11 is 1.53. The number of fused-ring (bicyclic) bond motifs is 1. The molecule has 2 nitrogen and oxygen atoms in total. The summed E-state index contributed by atoms with van der Waals surface area (Å²) in [6, 6.07) is 4.75. The number of thiazole rings is 1. The molecule has 1 aliphatic rings. The molecule has 0 unspecified atom stereocenters. The van der Waals surface area contributed by atoms with Gasteiger partial charge in [-0.15, -0.1) is 0 Å². The van der Waals surface area contributed by atoms with Gasteiger partial charge in [0.05, 0.1) is 10.2 Å². The van der Waals surface area contributed by atoms with Gasteiger partial charge in [0.25, 0.3) is 0 Å². The summed E-state index contributed by atoms with van der Waals surface area (Å²) in [7, 11) is 0. The van der Waals surface area contributed by atoms with Gasteiger partial charge in [-0.3, -0.25) is 0 Å². The van der Waals surface area contributed by atoms with Crippen LogP contribution in [0.2, 0.25) is 0 Å². The van der Waals surface area contributed by atoms with Gasteiger partial charge in [-0.1, -0.05) is 25.2 Å². The van der Waals surface area contributed by atoms with Crippen LogP contribution in [-0.2, 0) is 0 Å². The predicted octanol–water partition coefficient (Wildman–Crippen LogP) is 4.28. The van der Waals surface area contributed by atoms with E-state index in [1.807, 2.05) is 0 Å². The Bertz CT molecular complexity index is 572. The molecular formula is C14H17FN2S. The lowest BCUT2D eigenvalue weighted by Crippen LogP contribution is -2.20. The van der Waals surface area contributed by atoms with Crippen molar-refractivity contribution in [1.82, 2.24) is 4.98 Å². The fourth-order valence-corrected chi connectivity index (χ4v) is 3.23. The van der Waals surface area contributed by atoms with E-state index >= 15 is 0 Å². The highest BCUT2D eigenvalue weighted by Crippen LogP contribution is 2.51. The van der Waals surface area contributed by atoms with E-state index in [2.05, 4.69) is 24.1 Å². The maximum absolute atomic E-state index is 13.1. The number of benzene rings is 1. The van der Waals surface area contributed by atoms with Crippen LogP contribution in [-0.4, -0.2) is 11.5 Å². The molecule has 18 heavy (non-hydrogen) atoms. The number of aromatic nitrogens is 1. The Hall–Kier alpha value is -1.16. The molecule has 3 rings (SSSR count). The van der Waals surface area contributed by atoms with Gasteiger partial charge in [0.1, 0.15) is 5.82 Å². The Morgan fingerprint density at radius 1 is 1.44 bits per heavy atom. The van der Waals surface area contributed by atoms with E-state index in [4.69, 9.17) is 0 Å². The molecule has 0 spiro atoms. The summed E-state index contributed by atoms with van der Waals surface area (Å²) in [5, 5.41) is 4.33. The molecule has 0 saturated heterocycles. The zero-order valence-corrected chi connectivity index (χ0v) is 11.5. The van der Waals surface area contributed by atoms with Gasteiger partial charge < -0.3 is 5.32 Å². The van der Waals surface area contributed by atoms with Gasteiger partial charge >= 0.3 is 0 Å². The number of anilines is 1. The second-order valence-corrected chi connectivity index (χ2v) is 6.53. The van der Waals surface area contributed by atoms with Crippen molar-refractivity contribution >= 4 is 26.7 Å². The summed E-state index contributed by atoms with van der Waals surface area (Å²) in [6.45, 7) is 5.54. The summed E-state index contributed by atoms with van der Waals surface area (Å²) in [6.07, 6.45) is 2.61. The van der Waals surface area contributed by atoms with Gasteiger partial charge in [0.15, 0.2) is 5.13 Å². The Kier molecular flexibility index (Phi) is 2.77. The van der Waals surface area contributed by atoms with E-state index in [0.29, 0.717) is 11.3 Å². The minimum Gasteiger partial charge on any atom is -0.361 e. The smallest absolute Gasteiger partial charge is 0.183 e. The van der Waals surface area contributed by atoms with Crippen LogP contribution >= 0.6 is 11.3 Å². The molecule has 0 aliphatic heterocycles. The van der Waals surface area contributed by atoms with Gasteiger partial charge in [-0.2, -0.15) is 0 Å². The number of halogens is 1. The first-order valence-electron chi connectivity index (χ1n) is 6.39. The van der Waals surface area contributed by atoms with Crippen molar-refractivity contribution in [1.29, 1.82) is 0 Å². The lowest BCUT2D eigenvalue weighted by Gasteiger charge is -2.19. The van der Waals surface area contributed by atoms with E-state index in [-0.39, 0.29) is 5.82 Å². The average molecular weight is 264 g/mol. The van der Waals surface area contributed by atoms with Crippen LogP contribution in [0.5, 0.6) is 0 Å². The molecule has 0 atom stereocenters. The maximum atomic E-state index is 13.1. The Balaban J connectivity index is 1.75. The van der Waals surface area contributed by atoms with Crippen LogP contribution in [0.1, 0.15) is 26.7 Å². The second kappa shape index (κ2) is 4.19. The third-order valence-electron chi connectivity index (χ3n) is 4.06. The largest absolute Gasteiger partial charge is 0.361 e. The molecule has 1 heterocycles. The molecule has 1 N–H and O–H groups in total. The van der Waals surface area contributed by atoms with Crippen molar-refractivity contribution in [3.63, 3.8) is 0 Å². The zero-order valence-electron chi connectivity index (χ0n) is 10.7.